The zero-order valence-electron chi connectivity index (χ0n) is 14.5. The Morgan fingerprint density at radius 2 is 2.15 bits per heavy atom. The van der Waals surface area contributed by atoms with E-state index in [1.54, 1.807) is 26.2 Å². The Morgan fingerprint density at radius 3 is 2.85 bits per heavy atom. The number of rotatable bonds is 4. The van der Waals surface area contributed by atoms with E-state index >= 15 is 0 Å². The molecule has 0 aliphatic carbocycles. The number of anilines is 1. The van der Waals surface area contributed by atoms with Crippen molar-refractivity contribution >= 4 is 63.8 Å². The van der Waals surface area contributed by atoms with E-state index in [1.807, 2.05) is 6.07 Å². The molecule has 0 aliphatic heterocycles. The van der Waals surface area contributed by atoms with E-state index in [1.165, 1.54) is 22.9 Å². The van der Waals surface area contributed by atoms with Gasteiger partial charge in [0.25, 0.3) is 0 Å². The van der Waals surface area contributed by atoms with Gasteiger partial charge in [-0.25, -0.2) is 18.9 Å². The number of pyridine rings is 1. The highest BCUT2D eigenvalue weighted by Crippen LogP contribution is 2.22. The van der Waals surface area contributed by atoms with E-state index in [2.05, 4.69) is 31.3 Å². The van der Waals surface area contributed by atoms with Crippen molar-refractivity contribution in [3.05, 3.63) is 46.9 Å². The molecule has 0 radical (unpaired) electrons. The van der Waals surface area contributed by atoms with Crippen LogP contribution in [0.2, 0.25) is 0 Å². The van der Waals surface area contributed by atoms with Crippen molar-refractivity contribution in [1.29, 1.82) is 0 Å². The Labute approximate surface area is 175 Å². The van der Waals surface area contributed by atoms with Crippen molar-refractivity contribution in [2.24, 2.45) is 0 Å². The molecule has 0 aliphatic rings. The van der Waals surface area contributed by atoms with Crippen LogP contribution < -0.4 is 5.32 Å². The smallest absolute Gasteiger partial charge is 0.411 e. The number of nitrogens with one attached hydrogen (secondary N) is 1. The number of benzene rings is 1. The second kappa shape index (κ2) is 8.45. The largest absolute Gasteiger partial charge is 0.447 e. The molecule has 27 heavy (non-hydrogen) atoms. The Morgan fingerprint density at radius 1 is 1.41 bits per heavy atom. The fraction of sp³-hybridized carbons (Fsp3) is 0.235. The number of carbonyl (C=O) groups excluding carboxylic acids is 1. The van der Waals surface area contributed by atoms with Gasteiger partial charge in [-0.05, 0) is 54.0 Å². The molecule has 2 aromatic heterocycles. The summed E-state index contributed by atoms with van der Waals surface area (Å²) in [7, 11) is 0. The fourth-order valence-electron chi connectivity index (χ4n) is 2.17. The summed E-state index contributed by atoms with van der Waals surface area (Å²) in [5, 5.41) is 7.55. The number of ether oxygens (including phenoxy) is 1. The van der Waals surface area contributed by atoms with Gasteiger partial charge >= 0.3 is 6.09 Å². The van der Waals surface area contributed by atoms with Gasteiger partial charge in [0, 0.05) is 27.9 Å². The summed E-state index contributed by atoms with van der Waals surface area (Å²) < 4.78 is 21.5. The lowest BCUT2D eigenvalue weighted by Crippen LogP contribution is -2.24. The van der Waals surface area contributed by atoms with Crippen LogP contribution in [-0.4, -0.2) is 32.3 Å². The molecule has 6 nitrogen and oxygen atoms in total. The summed E-state index contributed by atoms with van der Waals surface area (Å²) in [6.45, 7) is 3.50. The number of carbonyl (C=O) groups is 1. The molecule has 2 heterocycles. The maximum Gasteiger partial charge on any atom is 0.411 e. The number of aromatic nitrogens is 3. The van der Waals surface area contributed by atoms with Crippen molar-refractivity contribution in [2.45, 2.75) is 18.7 Å². The van der Waals surface area contributed by atoms with Crippen LogP contribution in [0, 0.1) is 5.82 Å². The highest BCUT2D eigenvalue weighted by Gasteiger charge is 2.17. The van der Waals surface area contributed by atoms with Gasteiger partial charge in [0.15, 0.2) is 5.65 Å². The Hall–Kier alpha value is -1.84. The van der Waals surface area contributed by atoms with Crippen LogP contribution >= 0.6 is 41.0 Å². The molecule has 3 rings (SSSR count). The minimum absolute atomic E-state index is 0. The quantitative estimate of drug-likeness (QED) is 0.539. The van der Waals surface area contributed by atoms with E-state index in [0.717, 1.165) is 9.86 Å². The lowest BCUT2D eigenvalue weighted by Gasteiger charge is -2.16. The first kappa shape index (κ1) is 21.5. The predicted octanol–water partition coefficient (Wildman–Crippen LogP) is 5.00. The van der Waals surface area contributed by atoms with Crippen LogP contribution in [0.1, 0.15) is 13.8 Å². The normalized spacial score (nSPS) is 11.1. The van der Waals surface area contributed by atoms with E-state index in [-0.39, 0.29) is 25.8 Å². The van der Waals surface area contributed by atoms with Crippen molar-refractivity contribution in [3.8, 4) is 5.69 Å². The molecule has 0 atom stereocenters. The second-order valence-corrected chi connectivity index (χ2v) is 8.16. The van der Waals surface area contributed by atoms with Crippen molar-refractivity contribution in [2.75, 3.05) is 11.9 Å². The lowest BCUT2D eigenvalue weighted by molar-refractivity contribution is 0.152. The van der Waals surface area contributed by atoms with Crippen LogP contribution in [0.15, 0.2) is 41.1 Å². The Bertz CT molecular complexity index is 977. The minimum atomic E-state index is -0.674. The monoisotopic (exact) mass is 474 g/mol. The maximum absolute atomic E-state index is 14.3. The first-order valence-electron chi connectivity index (χ1n) is 7.65. The molecular formula is C17H17BrClFN4O2S. The number of fused-ring (bicyclic) bond motifs is 1. The van der Waals surface area contributed by atoms with Gasteiger partial charge in [0.2, 0.25) is 0 Å². The number of alkyl halides is 1. The van der Waals surface area contributed by atoms with Crippen LogP contribution in [0.3, 0.4) is 0 Å². The standard InChI is InChI=1S/C17H15BrClFN4O2.H2S/c1-17(2,19)9-26-16(25)22-12-3-4-13(20)14(6-12)24-8-10-5-11(18)7-21-15(10)23-24;/h3-8H,9H2,1-2H3,(H,22,25);1H2. The van der Waals surface area contributed by atoms with E-state index < -0.39 is 16.8 Å². The van der Waals surface area contributed by atoms with Crippen LogP contribution in [0.5, 0.6) is 0 Å². The molecule has 0 bridgehead atoms. The van der Waals surface area contributed by atoms with Crippen molar-refractivity contribution in [1.82, 2.24) is 14.8 Å². The Kier molecular flexibility index (Phi) is 6.72. The van der Waals surface area contributed by atoms with Gasteiger partial charge in [0.05, 0.1) is 4.87 Å². The number of amides is 1. The van der Waals surface area contributed by atoms with E-state index in [4.69, 9.17) is 16.3 Å². The topological polar surface area (TPSA) is 69.0 Å². The highest BCUT2D eigenvalue weighted by atomic mass is 79.9. The third-order valence-corrected chi connectivity index (χ3v) is 3.85. The van der Waals surface area contributed by atoms with Gasteiger partial charge < -0.3 is 4.74 Å². The molecule has 144 valence electrons. The maximum atomic E-state index is 14.3. The lowest BCUT2D eigenvalue weighted by atomic mass is 10.2. The highest BCUT2D eigenvalue weighted by molar-refractivity contribution is 9.10. The third-order valence-electron chi connectivity index (χ3n) is 3.31. The molecule has 1 N–H and O–H groups in total. The van der Waals surface area contributed by atoms with Crippen molar-refractivity contribution < 1.29 is 13.9 Å². The molecule has 3 aromatic rings. The molecule has 1 aromatic carbocycles. The van der Waals surface area contributed by atoms with E-state index in [9.17, 15) is 9.18 Å². The first-order chi connectivity index (χ1) is 12.2. The summed E-state index contributed by atoms with van der Waals surface area (Å²) in [5.74, 6) is -0.488. The van der Waals surface area contributed by atoms with Crippen LogP contribution in [0.4, 0.5) is 14.9 Å². The van der Waals surface area contributed by atoms with Gasteiger partial charge in [-0.1, -0.05) is 0 Å². The molecule has 1 amide bonds. The van der Waals surface area contributed by atoms with Gasteiger partial charge in [-0.2, -0.15) is 13.5 Å². The molecule has 0 unspecified atom stereocenters. The fourth-order valence-corrected chi connectivity index (χ4v) is 2.57. The zero-order valence-corrected chi connectivity index (χ0v) is 17.8. The van der Waals surface area contributed by atoms with E-state index in [0.29, 0.717) is 11.3 Å². The molecule has 0 fully saturated rings. The summed E-state index contributed by atoms with van der Waals surface area (Å²) in [6, 6.07) is 5.97. The molecule has 0 saturated heterocycles. The molecule has 0 saturated carbocycles. The van der Waals surface area contributed by atoms with Gasteiger partial charge in [-0.3, -0.25) is 5.32 Å². The number of halogens is 3. The number of hydrogen-bond acceptors (Lipinski definition) is 4. The first-order valence-corrected chi connectivity index (χ1v) is 8.82. The average Bonchev–Trinajstić information content (AvgIpc) is 2.97. The summed E-state index contributed by atoms with van der Waals surface area (Å²) in [6.07, 6.45) is 2.60. The zero-order chi connectivity index (χ0) is 18.9. The third kappa shape index (κ3) is 5.57. The Balaban J connectivity index is 0.00000261. The van der Waals surface area contributed by atoms with Crippen LogP contribution in [-0.2, 0) is 4.74 Å². The van der Waals surface area contributed by atoms with Gasteiger partial charge in [-0.15, -0.1) is 16.7 Å². The van der Waals surface area contributed by atoms with Crippen molar-refractivity contribution in [3.63, 3.8) is 0 Å². The summed E-state index contributed by atoms with van der Waals surface area (Å²) >= 11 is 9.32. The summed E-state index contributed by atoms with van der Waals surface area (Å²) in [5.41, 5.74) is 1.02. The number of hydrogen-bond donors (Lipinski definition) is 1. The molecule has 0 spiro atoms. The summed E-state index contributed by atoms with van der Waals surface area (Å²) in [4.78, 5) is 15.4. The average molecular weight is 476 g/mol. The SMILES string of the molecule is CC(C)(Cl)COC(=O)Nc1ccc(F)c(-n2cc3cc(Br)cnc3n2)c1.S. The molecular weight excluding hydrogens is 459 g/mol. The van der Waals surface area contributed by atoms with Crippen LogP contribution in [0.25, 0.3) is 16.7 Å². The predicted molar refractivity (Wildman–Crippen MR) is 112 cm³/mol. The number of nitrogens with zero attached hydrogens (tertiary/aromatic N) is 3. The molecule has 10 heteroatoms. The second-order valence-electron chi connectivity index (χ2n) is 6.23. The van der Waals surface area contributed by atoms with Gasteiger partial charge in [0.1, 0.15) is 18.1 Å². The minimum Gasteiger partial charge on any atom is -0.447 e.